The molecule has 0 saturated carbocycles. The number of carbonyl (C=O) groups is 1. The molecule has 1 aromatic rings. The molecule has 1 heterocycles. The third kappa shape index (κ3) is 2.97. The van der Waals surface area contributed by atoms with E-state index in [1.165, 1.54) is 0 Å². The summed E-state index contributed by atoms with van der Waals surface area (Å²) >= 11 is 0. The summed E-state index contributed by atoms with van der Waals surface area (Å²) in [6.07, 6.45) is 0. The zero-order chi connectivity index (χ0) is 12.1. The summed E-state index contributed by atoms with van der Waals surface area (Å²) in [7, 11) is 1.73. The van der Waals surface area contributed by atoms with Gasteiger partial charge in [-0.1, -0.05) is 0 Å². The van der Waals surface area contributed by atoms with Gasteiger partial charge in [0.15, 0.2) is 0 Å². The molecule has 0 radical (unpaired) electrons. The Labute approximate surface area is 93.8 Å². The molecule has 0 aromatic carbocycles. The maximum Gasteiger partial charge on any atom is 0.236 e. The molecule has 7 nitrogen and oxygen atoms in total. The van der Waals surface area contributed by atoms with Crippen molar-refractivity contribution >= 4 is 23.5 Å². The van der Waals surface area contributed by atoms with Crippen LogP contribution >= 0.6 is 0 Å². The summed E-state index contributed by atoms with van der Waals surface area (Å²) < 4.78 is 0. The summed E-state index contributed by atoms with van der Waals surface area (Å²) in [5.41, 5.74) is 10.7. The van der Waals surface area contributed by atoms with Crippen LogP contribution in [-0.4, -0.2) is 36.0 Å². The van der Waals surface area contributed by atoms with Crippen molar-refractivity contribution in [1.82, 2.24) is 9.97 Å². The topological polar surface area (TPSA) is 110 Å². The van der Waals surface area contributed by atoms with E-state index in [9.17, 15) is 4.79 Å². The van der Waals surface area contributed by atoms with Crippen LogP contribution in [0.4, 0.5) is 17.6 Å². The van der Waals surface area contributed by atoms with Gasteiger partial charge in [0.2, 0.25) is 11.9 Å². The van der Waals surface area contributed by atoms with Gasteiger partial charge in [0.25, 0.3) is 0 Å². The molecule has 7 heteroatoms. The molecule has 0 spiro atoms. The lowest BCUT2D eigenvalue weighted by Gasteiger charge is -2.20. The summed E-state index contributed by atoms with van der Waals surface area (Å²) in [6, 6.07) is 1.71. The van der Waals surface area contributed by atoms with Gasteiger partial charge in [0.1, 0.15) is 11.6 Å². The third-order valence-electron chi connectivity index (χ3n) is 2.04. The summed E-state index contributed by atoms with van der Waals surface area (Å²) in [6.45, 7) is 2.62. The predicted molar refractivity (Wildman–Crippen MR) is 63.1 cm³/mol. The van der Waals surface area contributed by atoms with Crippen molar-refractivity contribution in [2.45, 2.75) is 6.92 Å². The number of hydrogen-bond donors (Lipinski definition) is 3. The van der Waals surface area contributed by atoms with Gasteiger partial charge in [0, 0.05) is 19.7 Å². The molecule has 0 aliphatic carbocycles. The fourth-order valence-corrected chi connectivity index (χ4v) is 1.29. The van der Waals surface area contributed by atoms with Crippen molar-refractivity contribution in [2.24, 2.45) is 5.73 Å². The van der Waals surface area contributed by atoms with E-state index in [1.54, 1.807) is 18.0 Å². The summed E-state index contributed by atoms with van der Waals surface area (Å²) in [5.74, 6) is 0.929. The Hall–Kier alpha value is -2.05. The van der Waals surface area contributed by atoms with Crippen LogP contribution in [0, 0.1) is 0 Å². The molecule has 1 amide bonds. The van der Waals surface area contributed by atoms with Gasteiger partial charge in [-0.2, -0.15) is 9.97 Å². The molecule has 0 aliphatic heterocycles. The molecule has 0 fully saturated rings. The molecule has 16 heavy (non-hydrogen) atoms. The van der Waals surface area contributed by atoms with Crippen LogP contribution < -0.4 is 21.7 Å². The highest BCUT2D eigenvalue weighted by molar-refractivity contribution is 5.79. The maximum atomic E-state index is 10.9. The maximum absolute atomic E-state index is 10.9. The first-order chi connectivity index (χ1) is 7.56. The minimum Gasteiger partial charge on any atom is -0.373 e. The van der Waals surface area contributed by atoms with Crippen LogP contribution in [0.2, 0.25) is 0 Å². The van der Waals surface area contributed by atoms with Crippen LogP contribution in [0.25, 0.3) is 0 Å². The highest BCUT2D eigenvalue weighted by Crippen LogP contribution is 2.15. The molecular formula is C9H16N6O. The number of nitrogen functional groups attached to an aromatic ring is 1. The van der Waals surface area contributed by atoms with E-state index in [0.29, 0.717) is 18.2 Å². The van der Waals surface area contributed by atoms with E-state index in [-0.39, 0.29) is 12.5 Å². The SMILES string of the molecule is CCN(CC(N)=O)c1cc(NC)nc(N)n1. The van der Waals surface area contributed by atoms with Crippen molar-refractivity contribution in [3.05, 3.63) is 6.07 Å². The second-order valence-corrected chi connectivity index (χ2v) is 3.20. The summed E-state index contributed by atoms with van der Waals surface area (Å²) in [4.78, 5) is 20.6. The molecule has 0 bridgehead atoms. The number of amides is 1. The van der Waals surface area contributed by atoms with E-state index in [2.05, 4.69) is 15.3 Å². The molecule has 1 rings (SSSR count). The van der Waals surface area contributed by atoms with Crippen molar-refractivity contribution in [3.63, 3.8) is 0 Å². The lowest BCUT2D eigenvalue weighted by Crippen LogP contribution is -2.34. The molecule has 5 N–H and O–H groups in total. The lowest BCUT2D eigenvalue weighted by molar-refractivity contribution is -0.116. The Morgan fingerprint density at radius 3 is 2.75 bits per heavy atom. The fraction of sp³-hybridized carbons (Fsp3) is 0.444. The first-order valence-corrected chi connectivity index (χ1v) is 4.92. The van der Waals surface area contributed by atoms with Gasteiger partial charge in [-0.3, -0.25) is 4.79 Å². The molecular weight excluding hydrogens is 208 g/mol. The Kier molecular flexibility index (Phi) is 3.87. The number of nitrogens with one attached hydrogen (secondary N) is 1. The Balaban J connectivity index is 2.99. The lowest BCUT2D eigenvalue weighted by atomic mass is 10.4. The molecule has 0 unspecified atom stereocenters. The summed E-state index contributed by atoms with van der Waals surface area (Å²) in [5, 5.41) is 2.87. The standard InChI is InChI=1S/C9H16N6O/c1-3-15(5-6(10)16)8-4-7(12-2)13-9(11)14-8/h4H,3,5H2,1-2H3,(H2,10,16)(H3,11,12,13,14). The number of rotatable bonds is 5. The van der Waals surface area contributed by atoms with Gasteiger partial charge in [-0.15, -0.1) is 0 Å². The van der Waals surface area contributed by atoms with E-state index < -0.39 is 5.91 Å². The average molecular weight is 224 g/mol. The highest BCUT2D eigenvalue weighted by atomic mass is 16.1. The van der Waals surface area contributed by atoms with Crippen LogP contribution in [0.5, 0.6) is 0 Å². The van der Waals surface area contributed by atoms with E-state index in [0.717, 1.165) is 0 Å². The van der Waals surface area contributed by atoms with E-state index >= 15 is 0 Å². The number of likely N-dealkylation sites (N-methyl/N-ethyl adjacent to an activating group) is 1. The minimum absolute atomic E-state index is 0.107. The Morgan fingerprint density at radius 1 is 1.56 bits per heavy atom. The number of primary amides is 1. The molecule has 0 aliphatic rings. The van der Waals surface area contributed by atoms with E-state index in [4.69, 9.17) is 11.5 Å². The predicted octanol–water partition coefficient (Wildman–Crippen LogP) is -0.588. The Morgan fingerprint density at radius 2 is 2.25 bits per heavy atom. The van der Waals surface area contributed by atoms with Gasteiger partial charge < -0.3 is 21.7 Å². The van der Waals surface area contributed by atoms with Crippen LogP contribution in [0.3, 0.4) is 0 Å². The van der Waals surface area contributed by atoms with Crippen molar-refractivity contribution in [1.29, 1.82) is 0 Å². The highest BCUT2D eigenvalue weighted by Gasteiger charge is 2.10. The normalized spacial score (nSPS) is 9.88. The average Bonchev–Trinajstić information content (AvgIpc) is 2.24. The van der Waals surface area contributed by atoms with Crippen LogP contribution in [0.15, 0.2) is 6.07 Å². The first-order valence-electron chi connectivity index (χ1n) is 4.92. The van der Waals surface area contributed by atoms with Gasteiger partial charge in [0.05, 0.1) is 6.54 Å². The number of nitrogens with two attached hydrogens (primary N) is 2. The van der Waals surface area contributed by atoms with Crippen LogP contribution in [-0.2, 0) is 4.79 Å². The molecule has 0 atom stereocenters. The second kappa shape index (κ2) is 5.15. The van der Waals surface area contributed by atoms with Gasteiger partial charge >= 0.3 is 0 Å². The smallest absolute Gasteiger partial charge is 0.236 e. The van der Waals surface area contributed by atoms with E-state index in [1.807, 2.05) is 6.92 Å². The molecule has 1 aromatic heterocycles. The quantitative estimate of drug-likeness (QED) is 0.616. The zero-order valence-corrected chi connectivity index (χ0v) is 9.40. The van der Waals surface area contributed by atoms with Gasteiger partial charge in [-0.25, -0.2) is 0 Å². The molecule has 88 valence electrons. The number of hydrogen-bond acceptors (Lipinski definition) is 6. The second-order valence-electron chi connectivity index (χ2n) is 3.20. The zero-order valence-electron chi connectivity index (χ0n) is 9.40. The first kappa shape index (κ1) is 12.0. The Bertz CT molecular complexity index is 380. The fourth-order valence-electron chi connectivity index (χ4n) is 1.29. The van der Waals surface area contributed by atoms with Gasteiger partial charge in [-0.05, 0) is 6.92 Å². The molecule has 0 saturated heterocycles. The van der Waals surface area contributed by atoms with Crippen molar-refractivity contribution in [3.8, 4) is 0 Å². The largest absolute Gasteiger partial charge is 0.373 e. The van der Waals surface area contributed by atoms with Crippen LogP contribution in [0.1, 0.15) is 6.92 Å². The third-order valence-corrected chi connectivity index (χ3v) is 2.04. The monoisotopic (exact) mass is 224 g/mol. The number of anilines is 3. The van der Waals surface area contributed by atoms with Crippen molar-refractivity contribution in [2.75, 3.05) is 36.1 Å². The number of aromatic nitrogens is 2. The number of nitrogens with zero attached hydrogens (tertiary/aromatic N) is 3. The van der Waals surface area contributed by atoms with Crippen molar-refractivity contribution < 1.29 is 4.79 Å². The number of carbonyl (C=O) groups excluding carboxylic acids is 1. The minimum atomic E-state index is -0.412.